The van der Waals surface area contributed by atoms with Gasteiger partial charge in [-0.15, -0.1) is 0 Å². The molecule has 26 heavy (non-hydrogen) atoms. The van der Waals surface area contributed by atoms with Crippen molar-refractivity contribution in [2.75, 3.05) is 21.3 Å². The molecule has 0 fully saturated rings. The number of benzene rings is 2. The van der Waals surface area contributed by atoms with Gasteiger partial charge in [-0.05, 0) is 30.3 Å². The van der Waals surface area contributed by atoms with Gasteiger partial charge < -0.3 is 18.8 Å². The molecule has 1 N–H and O–H groups in total. The van der Waals surface area contributed by atoms with Crippen LogP contribution in [0.2, 0.25) is 5.02 Å². The second-order valence-electron chi connectivity index (χ2n) is 6.22. The quantitative estimate of drug-likeness (QED) is 0.674. The van der Waals surface area contributed by atoms with E-state index in [0.29, 0.717) is 29.4 Å². The molecule has 1 heterocycles. The number of rotatable bonds is 6. The summed E-state index contributed by atoms with van der Waals surface area (Å²) in [6.07, 6.45) is 0. The zero-order valence-corrected chi connectivity index (χ0v) is 15.7. The molecule has 0 saturated carbocycles. The Kier molecular flexibility index (Phi) is 5.49. The Balaban J connectivity index is 1.89. The van der Waals surface area contributed by atoms with Crippen molar-refractivity contribution in [3.05, 3.63) is 69.0 Å². The van der Waals surface area contributed by atoms with E-state index in [1.165, 1.54) is 4.90 Å². The fraction of sp³-hybridized carbons (Fsp3) is 0.250. The van der Waals surface area contributed by atoms with Crippen molar-refractivity contribution >= 4 is 22.6 Å². The topological polar surface area (TPSA) is 53.1 Å². The number of ether oxygens (including phenoxy) is 2. The lowest BCUT2D eigenvalue weighted by Crippen LogP contribution is -3.06. The molecule has 2 aromatic carbocycles. The average Bonchev–Trinajstić information content (AvgIpc) is 2.61. The molecule has 0 bridgehead atoms. The summed E-state index contributed by atoms with van der Waals surface area (Å²) in [6, 6.07) is 12.6. The van der Waals surface area contributed by atoms with E-state index in [1.807, 2.05) is 30.3 Å². The minimum atomic E-state index is -0.367. The van der Waals surface area contributed by atoms with E-state index in [4.69, 9.17) is 25.5 Å². The van der Waals surface area contributed by atoms with Gasteiger partial charge in [-0.1, -0.05) is 11.6 Å². The molecular formula is C20H21ClNO4+. The number of quaternary nitrogens is 1. The van der Waals surface area contributed by atoms with Gasteiger partial charge in [0, 0.05) is 33.7 Å². The van der Waals surface area contributed by atoms with Gasteiger partial charge in [-0.3, -0.25) is 0 Å². The van der Waals surface area contributed by atoms with E-state index >= 15 is 0 Å². The number of hydrogen-bond donors (Lipinski definition) is 1. The first kappa shape index (κ1) is 18.3. The first-order valence-corrected chi connectivity index (χ1v) is 8.62. The Bertz CT molecular complexity index is 983. The molecule has 0 radical (unpaired) electrons. The lowest BCUT2D eigenvalue weighted by atomic mass is 10.1. The van der Waals surface area contributed by atoms with Crippen molar-refractivity contribution in [3.8, 4) is 11.5 Å². The maximum absolute atomic E-state index is 11.9. The van der Waals surface area contributed by atoms with E-state index in [9.17, 15) is 4.79 Å². The predicted octanol–water partition coefficient (Wildman–Crippen LogP) is 2.68. The molecule has 5 nitrogen and oxygen atoms in total. The van der Waals surface area contributed by atoms with E-state index in [-0.39, 0.29) is 5.63 Å². The standard InChI is InChI=1S/C20H20ClNO4/c1-22(12-14-8-15(21)4-7-18(14)25-3)11-13-9-20(23)26-19-10-16(24-2)5-6-17(13)19/h4-10H,11-12H2,1-3H3/p+1. The third kappa shape index (κ3) is 4.00. The SMILES string of the molecule is COc1ccc2c(C[NH+](C)Cc3cc(Cl)ccc3OC)cc(=O)oc2c1. The summed E-state index contributed by atoms with van der Waals surface area (Å²) in [5.74, 6) is 1.46. The molecule has 0 saturated heterocycles. The van der Waals surface area contributed by atoms with Crippen molar-refractivity contribution in [2.24, 2.45) is 0 Å². The zero-order valence-electron chi connectivity index (χ0n) is 15.0. The molecule has 0 amide bonds. The van der Waals surface area contributed by atoms with Crippen LogP contribution in [0.5, 0.6) is 11.5 Å². The highest BCUT2D eigenvalue weighted by Gasteiger charge is 2.14. The highest BCUT2D eigenvalue weighted by atomic mass is 35.5. The zero-order chi connectivity index (χ0) is 18.7. The van der Waals surface area contributed by atoms with Crippen LogP contribution >= 0.6 is 11.6 Å². The molecule has 0 aliphatic heterocycles. The smallest absolute Gasteiger partial charge is 0.336 e. The van der Waals surface area contributed by atoms with Crippen molar-refractivity contribution < 1.29 is 18.8 Å². The minimum Gasteiger partial charge on any atom is -0.497 e. The Morgan fingerprint density at radius 3 is 2.50 bits per heavy atom. The molecule has 0 aliphatic carbocycles. The lowest BCUT2D eigenvalue weighted by molar-refractivity contribution is -0.907. The lowest BCUT2D eigenvalue weighted by Gasteiger charge is -2.17. The van der Waals surface area contributed by atoms with Crippen molar-refractivity contribution in [2.45, 2.75) is 13.1 Å². The van der Waals surface area contributed by atoms with E-state index in [0.717, 1.165) is 22.3 Å². The highest BCUT2D eigenvalue weighted by molar-refractivity contribution is 6.30. The predicted molar refractivity (Wildman–Crippen MR) is 101 cm³/mol. The van der Waals surface area contributed by atoms with E-state index in [1.54, 1.807) is 26.4 Å². The van der Waals surface area contributed by atoms with Crippen LogP contribution in [-0.4, -0.2) is 21.3 Å². The maximum atomic E-state index is 11.9. The fourth-order valence-electron chi connectivity index (χ4n) is 3.08. The molecule has 1 aromatic heterocycles. The Morgan fingerprint density at radius 1 is 1.00 bits per heavy atom. The van der Waals surface area contributed by atoms with Crippen molar-refractivity contribution in [1.82, 2.24) is 0 Å². The summed E-state index contributed by atoms with van der Waals surface area (Å²) >= 11 is 6.11. The second-order valence-corrected chi connectivity index (χ2v) is 6.66. The summed E-state index contributed by atoms with van der Waals surface area (Å²) in [4.78, 5) is 13.1. The molecule has 3 rings (SSSR count). The van der Waals surface area contributed by atoms with Gasteiger partial charge >= 0.3 is 5.63 Å². The van der Waals surface area contributed by atoms with Gasteiger partial charge in [-0.2, -0.15) is 0 Å². The third-order valence-corrected chi connectivity index (χ3v) is 4.50. The fourth-order valence-corrected chi connectivity index (χ4v) is 3.28. The first-order chi connectivity index (χ1) is 12.5. The average molecular weight is 375 g/mol. The van der Waals surface area contributed by atoms with Crippen LogP contribution in [0.25, 0.3) is 11.0 Å². The number of hydrogen-bond acceptors (Lipinski definition) is 4. The van der Waals surface area contributed by atoms with Gasteiger partial charge in [0.15, 0.2) is 0 Å². The Labute approximate surface area is 156 Å². The number of methoxy groups -OCH3 is 2. The first-order valence-electron chi connectivity index (χ1n) is 8.24. The Hall–Kier alpha value is -2.50. The molecule has 0 spiro atoms. The molecular weight excluding hydrogens is 354 g/mol. The summed E-state index contributed by atoms with van der Waals surface area (Å²) in [5.41, 5.74) is 2.11. The normalized spacial score (nSPS) is 12.2. The van der Waals surface area contributed by atoms with E-state index < -0.39 is 0 Å². The van der Waals surface area contributed by atoms with Crippen molar-refractivity contribution in [1.29, 1.82) is 0 Å². The second kappa shape index (κ2) is 7.81. The number of nitrogens with one attached hydrogen (secondary N) is 1. The van der Waals surface area contributed by atoms with Crippen LogP contribution in [0.15, 0.2) is 51.7 Å². The summed E-state index contributed by atoms with van der Waals surface area (Å²) in [6.45, 7) is 1.37. The monoisotopic (exact) mass is 374 g/mol. The van der Waals surface area contributed by atoms with Gasteiger partial charge in [0.1, 0.15) is 30.2 Å². The van der Waals surface area contributed by atoms with Crippen molar-refractivity contribution in [3.63, 3.8) is 0 Å². The van der Waals surface area contributed by atoms with Gasteiger partial charge in [0.2, 0.25) is 0 Å². The highest BCUT2D eigenvalue weighted by Crippen LogP contribution is 2.23. The molecule has 1 unspecified atom stereocenters. The van der Waals surface area contributed by atoms with Crippen LogP contribution in [0, 0.1) is 0 Å². The third-order valence-electron chi connectivity index (χ3n) is 4.26. The van der Waals surface area contributed by atoms with Crippen LogP contribution < -0.4 is 20.0 Å². The van der Waals surface area contributed by atoms with Crippen LogP contribution in [0.3, 0.4) is 0 Å². The number of halogens is 1. The van der Waals surface area contributed by atoms with Gasteiger partial charge in [0.25, 0.3) is 0 Å². The molecule has 1 atom stereocenters. The minimum absolute atomic E-state index is 0.367. The van der Waals surface area contributed by atoms with Crippen LogP contribution in [-0.2, 0) is 13.1 Å². The number of fused-ring (bicyclic) bond motifs is 1. The van der Waals surface area contributed by atoms with Crippen LogP contribution in [0.1, 0.15) is 11.1 Å². The Morgan fingerprint density at radius 2 is 1.77 bits per heavy atom. The summed E-state index contributed by atoms with van der Waals surface area (Å²) < 4.78 is 15.9. The molecule has 3 aromatic rings. The van der Waals surface area contributed by atoms with E-state index in [2.05, 4.69) is 7.05 Å². The summed E-state index contributed by atoms with van der Waals surface area (Å²) in [7, 11) is 5.29. The van der Waals surface area contributed by atoms with Crippen LogP contribution in [0.4, 0.5) is 0 Å². The summed E-state index contributed by atoms with van der Waals surface area (Å²) in [5, 5.41) is 1.58. The molecule has 0 aliphatic rings. The molecule has 6 heteroatoms. The van der Waals surface area contributed by atoms with Gasteiger partial charge in [0.05, 0.1) is 21.3 Å². The largest absolute Gasteiger partial charge is 0.497 e. The maximum Gasteiger partial charge on any atom is 0.336 e. The van der Waals surface area contributed by atoms with Gasteiger partial charge in [-0.25, -0.2) is 4.79 Å². The molecule has 136 valence electrons.